The van der Waals surface area contributed by atoms with E-state index in [1.807, 2.05) is 37.3 Å². The first-order valence-corrected chi connectivity index (χ1v) is 11.0. The zero-order valence-corrected chi connectivity index (χ0v) is 18.2. The summed E-state index contributed by atoms with van der Waals surface area (Å²) in [5, 5.41) is 14.4. The molecule has 164 valence electrons. The monoisotopic (exact) mass is 443 g/mol. The first kappa shape index (κ1) is 22.6. The zero-order chi connectivity index (χ0) is 22.4. The van der Waals surface area contributed by atoms with Gasteiger partial charge >= 0.3 is 11.9 Å². The summed E-state index contributed by atoms with van der Waals surface area (Å²) < 4.78 is 10.7. The molecule has 0 saturated heterocycles. The minimum atomic E-state index is -1.00. The van der Waals surface area contributed by atoms with Crippen LogP contribution in [0.1, 0.15) is 37.0 Å². The van der Waals surface area contributed by atoms with Crippen LogP contribution in [-0.4, -0.2) is 36.2 Å². The summed E-state index contributed by atoms with van der Waals surface area (Å²) in [7, 11) is 0. The van der Waals surface area contributed by atoms with Crippen molar-refractivity contribution in [3.63, 3.8) is 0 Å². The molecule has 0 aliphatic heterocycles. The Morgan fingerprint density at radius 3 is 2.35 bits per heavy atom. The van der Waals surface area contributed by atoms with E-state index in [1.165, 1.54) is 11.3 Å². The van der Waals surface area contributed by atoms with Gasteiger partial charge in [-0.3, -0.25) is 9.59 Å². The van der Waals surface area contributed by atoms with Gasteiger partial charge in [0.25, 0.3) is 0 Å². The lowest BCUT2D eigenvalue weighted by atomic mass is 9.82. The number of carboxylic acids is 1. The van der Waals surface area contributed by atoms with Crippen molar-refractivity contribution in [2.75, 3.05) is 18.5 Å². The van der Waals surface area contributed by atoms with Gasteiger partial charge in [-0.15, -0.1) is 11.3 Å². The topological polar surface area (TPSA) is 102 Å². The number of hydrogen-bond donors (Lipinski definition) is 2. The fourth-order valence-corrected chi connectivity index (χ4v) is 4.51. The van der Waals surface area contributed by atoms with E-state index in [-0.39, 0.29) is 12.2 Å². The Bertz CT molecular complexity index is 978. The van der Waals surface area contributed by atoms with Crippen LogP contribution in [0.2, 0.25) is 0 Å². The summed E-state index contributed by atoms with van der Waals surface area (Å²) in [6.07, 6.45) is 4.24. The van der Waals surface area contributed by atoms with Gasteiger partial charge in [0, 0.05) is 10.9 Å². The number of nitrogens with one attached hydrogen (secondary N) is 1. The van der Waals surface area contributed by atoms with Crippen molar-refractivity contribution >= 4 is 34.2 Å². The molecule has 31 heavy (non-hydrogen) atoms. The number of carbonyl (C=O) groups excluding carboxylic acids is 2. The van der Waals surface area contributed by atoms with Crippen LogP contribution in [0.25, 0.3) is 11.1 Å². The number of carbonyl (C=O) groups is 3. The highest BCUT2D eigenvalue weighted by molar-refractivity contribution is 7.15. The maximum Gasteiger partial charge on any atom is 0.341 e. The van der Waals surface area contributed by atoms with Gasteiger partial charge in [-0.2, -0.15) is 0 Å². The third kappa shape index (κ3) is 5.14. The summed E-state index contributed by atoms with van der Waals surface area (Å²) >= 11 is 1.21. The van der Waals surface area contributed by atoms with Crippen LogP contribution in [0.15, 0.2) is 41.8 Å². The van der Waals surface area contributed by atoms with Crippen molar-refractivity contribution in [3.05, 3.63) is 47.4 Å². The molecule has 1 aliphatic carbocycles. The second-order valence-electron chi connectivity index (χ2n) is 7.01. The Morgan fingerprint density at radius 2 is 1.74 bits per heavy atom. The molecule has 1 amide bonds. The number of carboxylic acid groups (broad SMARTS) is 1. The van der Waals surface area contributed by atoms with Crippen LogP contribution in [0.5, 0.6) is 5.75 Å². The standard InChI is InChI=1S/C23H25NO6S/c1-3-29-15-11-9-14(10-12-15)18-13-31-21(19(18)23(28)30-4-2)24-20(25)16-7-5-6-8-17(16)22(26)27/h5-6,9-13,16-17H,3-4,7-8H2,1-2H3,(H,24,25)(H,26,27)/t16-,17-/m0/s1. The average Bonchev–Trinajstić information content (AvgIpc) is 3.18. The molecule has 0 spiro atoms. The van der Waals surface area contributed by atoms with E-state index in [1.54, 1.807) is 18.4 Å². The molecule has 0 fully saturated rings. The highest BCUT2D eigenvalue weighted by Crippen LogP contribution is 2.38. The molecule has 1 heterocycles. The van der Waals surface area contributed by atoms with E-state index in [0.717, 1.165) is 11.3 Å². The molecule has 2 N–H and O–H groups in total. The van der Waals surface area contributed by atoms with Gasteiger partial charge in [-0.05, 0) is 44.4 Å². The molecule has 0 radical (unpaired) electrons. The van der Waals surface area contributed by atoms with Crippen molar-refractivity contribution in [2.24, 2.45) is 11.8 Å². The summed E-state index contributed by atoms with van der Waals surface area (Å²) in [6.45, 7) is 4.36. The lowest BCUT2D eigenvalue weighted by Crippen LogP contribution is -2.34. The second-order valence-corrected chi connectivity index (χ2v) is 7.89. The summed E-state index contributed by atoms with van der Waals surface area (Å²) in [6, 6.07) is 7.31. The average molecular weight is 444 g/mol. The molecule has 0 bridgehead atoms. The Balaban J connectivity index is 1.91. The molecule has 0 saturated carbocycles. The summed E-state index contributed by atoms with van der Waals surface area (Å²) in [5.41, 5.74) is 1.69. The Kier molecular flexibility index (Phi) is 7.46. The second kappa shape index (κ2) is 10.3. The molecule has 0 unspecified atom stereocenters. The number of aliphatic carboxylic acids is 1. The molecular formula is C23H25NO6S. The highest BCUT2D eigenvalue weighted by atomic mass is 32.1. The van der Waals surface area contributed by atoms with E-state index < -0.39 is 29.7 Å². The number of anilines is 1. The predicted octanol–water partition coefficient (Wildman–Crippen LogP) is 4.60. The smallest absolute Gasteiger partial charge is 0.341 e. The van der Waals surface area contributed by atoms with Gasteiger partial charge in [-0.25, -0.2) is 4.79 Å². The lowest BCUT2D eigenvalue weighted by molar-refractivity contribution is -0.146. The molecule has 8 heteroatoms. The lowest BCUT2D eigenvalue weighted by Gasteiger charge is -2.24. The number of amides is 1. The van der Waals surface area contributed by atoms with E-state index in [0.29, 0.717) is 30.0 Å². The van der Waals surface area contributed by atoms with E-state index in [9.17, 15) is 19.5 Å². The first-order valence-electron chi connectivity index (χ1n) is 10.2. The minimum Gasteiger partial charge on any atom is -0.494 e. The maximum absolute atomic E-state index is 12.9. The van der Waals surface area contributed by atoms with Crippen LogP contribution in [0.3, 0.4) is 0 Å². The summed E-state index contributed by atoms with van der Waals surface area (Å²) in [4.78, 5) is 37.2. The molecule has 2 aromatic rings. The first-order chi connectivity index (χ1) is 15.0. The minimum absolute atomic E-state index is 0.194. The quantitative estimate of drug-likeness (QED) is 0.457. The SMILES string of the molecule is CCOC(=O)c1c(-c2ccc(OCC)cc2)csc1NC(=O)[C@H]1CC=CC[C@@H]1C(=O)O. The van der Waals surface area contributed by atoms with Crippen molar-refractivity contribution < 1.29 is 29.0 Å². The number of hydrogen-bond acceptors (Lipinski definition) is 6. The van der Waals surface area contributed by atoms with Gasteiger partial charge in [-0.1, -0.05) is 24.3 Å². The number of benzene rings is 1. The van der Waals surface area contributed by atoms with E-state index in [2.05, 4.69) is 5.32 Å². The van der Waals surface area contributed by atoms with Crippen LogP contribution < -0.4 is 10.1 Å². The van der Waals surface area contributed by atoms with Crippen molar-refractivity contribution in [2.45, 2.75) is 26.7 Å². The van der Waals surface area contributed by atoms with Gasteiger partial charge in [0.15, 0.2) is 0 Å². The zero-order valence-electron chi connectivity index (χ0n) is 17.4. The van der Waals surface area contributed by atoms with Gasteiger partial charge < -0.3 is 19.9 Å². The van der Waals surface area contributed by atoms with Gasteiger partial charge in [0.2, 0.25) is 5.91 Å². The molecular weight excluding hydrogens is 418 g/mol. The number of ether oxygens (including phenoxy) is 2. The van der Waals surface area contributed by atoms with Gasteiger partial charge in [0.05, 0.1) is 25.0 Å². The van der Waals surface area contributed by atoms with E-state index >= 15 is 0 Å². The van der Waals surface area contributed by atoms with Crippen LogP contribution >= 0.6 is 11.3 Å². The Labute approximate surface area is 184 Å². The number of rotatable bonds is 8. The molecule has 1 aromatic carbocycles. The van der Waals surface area contributed by atoms with Crippen LogP contribution in [-0.2, 0) is 14.3 Å². The number of allylic oxidation sites excluding steroid dienone is 2. The maximum atomic E-state index is 12.9. The fourth-order valence-electron chi connectivity index (χ4n) is 3.55. The van der Waals surface area contributed by atoms with E-state index in [4.69, 9.17) is 9.47 Å². The third-order valence-electron chi connectivity index (χ3n) is 5.07. The van der Waals surface area contributed by atoms with Crippen LogP contribution in [0.4, 0.5) is 5.00 Å². The number of thiophene rings is 1. The normalized spacial score (nSPS) is 17.7. The Morgan fingerprint density at radius 1 is 1.06 bits per heavy atom. The molecule has 2 atom stereocenters. The van der Waals surface area contributed by atoms with Crippen molar-refractivity contribution in [3.8, 4) is 16.9 Å². The third-order valence-corrected chi connectivity index (χ3v) is 5.97. The van der Waals surface area contributed by atoms with Crippen molar-refractivity contribution in [1.29, 1.82) is 0 Å². The Hall–Kier alpha value is -3.13. The largest absolute Gasteiger partial charge is 0.494 e. The molecule has 1 aliphatic rings. The fraction of sp³-hybridized carbons (Fsp3) is 0.348. The van der Waals surface area contributed by atoms with Crippen molar-refractivity contribution in [1.82, 2.24) is 0 Å². The molecule has 3 rings (SSSR count). The molecule has 1 aromatic heterocycles. The van der Waals surface area contributed by atoms with Crippen LogP contribution in [0, 0.1) is 11.8 Å². The number of esters is 1. The van der Waals surface area contributed by atoms with Gasteiger partial charge in [0.1, 0.15) is 16.3 Å². The predicted molar refractivity (Wildman–Crippen MR) is 119 cm³/mol. The highest BCUT2D eigenvalue weighted by Gasteiger charge is 2.35. The summed E-state index contributed by atoms with van der Waals surface area (Å²) in [5.74, 6) is -2.73. The molecule has 7 nitrogen and oxygen atoms in total.